The van der Waals surface area contributed by atoms with E-state index < -0.39 is 0 Å². The van der Waals surface area contributed by atoms with Gasteiger partial charge in [-0.3, -0.25) is 4.79 Å². The minimum absolute atomic E-state index is 0. The van der Waals surface area contributed by atoms with Gasteiger partial charge in [0.25, 0.3) is 0 Å². The number of hydrogen-bond acceptors (Lipinski definition) is 2. The van der Waals surface area contributed by atoms with Crippen LogP contribution in [0.3, 0.4) is 0 Å². The average molecular weight is 301 g/mol. The van der Waals surface area contributed by atoms with Gasteiger partial charge in [0.1, 0.15) is 5.82 Å². The van der Waals surface area contributed by atoms with Crippen molar-refractivity contribution in [3.63, 3.8) is 0 Å². The molecule has 112 valence electrons. The Hall–Kier alpha value is -1.13. The van der Waals surface area contributed by atoms with E-state index in [0.717, 1.165) is 18.5 Å². The Balaban J connectivity index is 0.00000200. The molecule has 0 saturated carbocycles. The highest BCUT2D eigenvalue weighted by Gasteiger charge is 2.14. The third-order valence-corrected chi connectivity index (χ3v) is 3.51. The number of carbonyl (C=O) groups excluding carboxylic acids is 1. The summed E-state index contributed by atoms with van der Waals surface area (Å²) in [6.45, 7) is 1.65. The second kappa shape index (κ2) is 8.93. The van der Waals surface area contributed by atoms with Crippen LogP contribution in [0.1, 0.15) is 31.2 Å². The molecule has 1 unspecified atom stereocenters. The smallest absolute Gasteiger partial charge is 0.220 e. The van der Waals surface area contributed by atoms with Gasteiger partial charge in [-0.15, -0.1) is 12.4 Å². The van der Waals surface area contributed by atoms with Crippen molar-refractivity contribution in [2.45, 2.75) is 38.1 Å². The summed E-state index contributed by atoms with van der Waals surface area (Å²) < 4.78 is 13.0. The maximum absolute atomic E-state index is 13.0. The van der Waals surface area contributed by atoms with Crippen LogP contribution in [-0.2, 0) is 11.2 Å². The zero-order chi connectivity index (χ0) is 13.5. The molecule has 1 aliphatic rings. The Kier molecular flexibility index (Phi) is 7.55. The third-order valence-electron chi connectivity index (χ3n) is 3.51. The maximum Gasteiger partial charge on any atom is 0.220 e. The molecule has 1 aliphatic heterocycles. The van der Waals surface area contributed by atoms with E-state index in [4.69, 9.17) is 0 Å². The van der Waals surface area contributed by atoms with E-state index in [1.807, 2.05) is 6.07 Å². The summed E-state index contributed by atoms with van der Waals surface area (Å²) in [5, 5.41) is 6.26. The van der Waals surface area contributed by atoms with Crippen molar-refractivity contribution in [2.24, 2.45) is 0 Å². The van der Waals surface area contributed by atoms with Gasteiger partial charge in [-0.1, -0.05) is 12.1 Å². The van der Waals surface area contributed by atoms with E-state index in [2.05, 4.69) is 10.6 Å². The fraction of sp³-hybridized carbons (Fsp3) is 0.533. The van der Waals surface area contributed by atoms with Crippen LogP contribution >= 0.6 is 12.4 Å². The topological polar surface area (TPSA) is 41.1 Å². The largest absolute Gasteiger partial charge is 0.356 e. The Morgan fingerprint density at radius 3 is 3.00 bits per heavy atom. The Morgan fingerprint density at radius 1 is 1.45 bits per heavy atom. The fourth-order valence-electron chi connectivity index (χ4n) is 2.44. The van der Waals surface area contributed by atoms with Crippen molar-refractivity contribution in [3.8, 4) is 0 Å². The van der Waals surface area contributed by atoms with Crippen molar-refractivity contribution in [3.05, 3.63) is 35.6 Å². The normalized spacial score (nSPS) is 17.6. The highest BCUT2D eigenvalue weighted by Crippen LogP contribution is 2.10. The Labute approximate surface area is 125 Å². The van der Waals surface area contributed by atoms with Crippen LogP contribution in [0.15, 0.2) is 24.3 Å². The predicted molar refractivity (Wildman–Crippen MR) is 80.6 cm³/mol. The number of benzene rings is 1. The molecular formula is C15H22ClFN2O. The lowest BCUT2D eigenvalue weighted by Gasteiger charge is -2.10. The van der Waals surface area contributed by atoms with E-state index in [9.17, 15) is 9.18 Å². The van der Waals surface area contributed by atoms with Gasteiger partial charge < -0.3 is 10.6 Å². The molecule has 0 aliphatic carbocycles. The first-order valence-corrected chi connectivity index (χ1v) is 6.98. The summed E-state index contributed by atoms with van der Waals surface area (Å²) in [5.41, 5.74) is 0.915. The van der Waals surface area contributed by atoms with E-state index in [-0.39, 0.29) is 24.1 Å². The minimum atomic E-state index is -0.226. The van der Waals surface area contributed by atoms with Crippen molar-refractivity contribution in [1.82, 2.24) is 10.6 Å². The first kappa shape index (κ1) is 16.9. The van der Waals surface area contributed by atoms with Crippen LogP contribution in [0.4, 0.5) is 4.39 Å². The Morgan fingerprint density at radius 2 is 2.30 bits per heavy atom. The van der Waals surface area contributed by atoms with Crippen molar-refractivity contribution in [2.75, 3.05) is 13.1 Å². The van der Waals surface area contributed by atoms with Gasteiger partial charge in [-0.25, -0.2) is 4.39 Å². The lowest BCUT2D eigenvalue weighted by molar-refractivity contribution is -0.121. The molecule has 1 fully saturated rings. The fourth-order valence-corrected chi connectivity index (χ4v) is 2.44. The summed E-state index contributed by atoms with van der Waals surface area (Å²) in [5.74, 6) is -0.138. The summed E-state index contributed by atoms with van der Waals surface area (Å²) in [6, 6.07) is 7.01. The molecule has 1 aromatic rings. The van der Waals surface area contributed by atoms with Gasteiger partial charge >= 0.3 is 0 Å². The number of halogens is 2. The van der Waals surface area contributed by atoms with Crippen LogP contribution < -0.4 is 10.6 Å². The molecular weight excluding hydrogens is 279 g/mol. The lowest BCUT2D eigenvalue weighted by Crippen LogP contribution is -2.28. The summed E-state index contributed by atoms with van der Waals surface area (Å²) >= 11 is 0. The molecule has 0 bridgehead atoms. The zero-order valence-corrected chi connectivity index (χ0v) is 12.3. The Bertz CT molecular complexity index is 422. The molecule has 20 heavy (non-hydrogen) atoms. The summed E-state index contributed by atoms with van der Waals surface area (Å²) in [4.78, 5) is 11.6. The van der Waals surface area contributed by atoms with Crippen molar-refractivity contribution >= 4 is 18.3 Å². The van der Waals surface area contributed by atoms with Crippen LogP contribution in [-0.4, -0.2) is 25.0 Å². The van der Waals surface area contributed by atoms with Gasteiger partial charge in [-0.2, -0.15) is 0 Å². The highest BCUT2D eigenvalue weighted by atomic mass is 35.5. The van der Waals surface area contributed by atoms with Gasteiger partial charge in [-0.05, 0) is 49.9 Å². The number of hydrogen-bond donors (Lipinski definition) is 2. The molecule has 2 rings (SSSR count). The van der Waals surface area contributed by atoms with E-state index >= 15 is 0 Å². The molecule has 0 spiro atoms. The number of amides is 1. The lowest BCUT2D eigenvalue weighted by atomic mass is 10.1. The SMILES string of the molecule is Cl.O=C(CCC1CCCN1)NCCc1cccc(F)c1. The third kappa shape index (κ3) is 5.88. The van der Waals surface area contributed by atoms with Crippen LogP contribution in [0.2, 0.25) is 0 Å². The average Bonchev–Trinajstić information content (AvgIpc) is 2.89. The molecule has 1 amide bonds. The predicted octanol–water partition coefficient (Wildman–Crippen LogP) is 2.44. The van der Waals surface area contributed by atoms with Crippen molar-refractivity contribution < 1.29 is 9.18 Å². The standard InChI is InChI=1S/C15H21FN2O.ClH/c16-13-4-1-3-12(11-13)8-10-18-15(19)7-6-14-5-2-9-17-14;/h1,3-4,11,14,17H,2,5-10H2,(H,18,19);1H. The molecule has 1 saturated heterocycles. The second-order valence-corrected chi connectivity index (χ2v) is 5.06. The zero-order valence-electron chi connectivity index (χ0n) is 11.5. The quantitative estimate of drug-likeness (QED) is 0.847. The molecule has 0 aromatic heterocycles. The van der Waals surface area contributed by atoms with Crippen molar-refractivity contribution in [1.29, 1.82) is 0 Å². The molecule has 1 aromatic carbocycles. The molecule has 1 heterocycles. The molecule has 2 N–H and O–H groups in total. The van der Waals surface area contributed by atoms with E-state index in [0.29, 0.717) is 25.4 Å². The number of nitrogens with one attached hydrogen (secondary N) is 2. The first-order chi connectivity index (χ1) is 9.24. The van der Waals surface area contributed by atoms with Crippen LogP contribution in [0, 0.1) is 5.82 Å². The molecule has 0 radical (unpaired) electrons. The van der Waals surface area contributed by atoms with E-state index in [1.165, 1.54) is 25.0 Å². The molecule has 5 heteroatoms. The summed E-state index contributed by atoms with van der Waals surface area (Å²) in [6.07, 6.45) is 4.54. The van der Waals surface area contributed by atoms with Crippen LogP contribution in [0.25, 0.3) is 0 Å². The van der Waals surface area contributed by atoms with Crippen LogP contribution in [0.5, 0.6) is 0 Å². The monoisotopic (exact) mass is 300 g/mol. The molecule has 3 nitrogen and oxygen atoms in total. The minimum Gasteiger partial charge on any atom is -0.356 e. The summed E-state index contributed by atoms with van der Waals surface area (Å²) in [7, 11) is 0. The number of rotatable bonds is 6. The number of carbonyl (C=O) groups is 1. The molecule has 1 atom stereocenters. The first-order valence-electron chi connectivity index (χ1n) is 6.98. The maximum atomic E-state index is 13.0. The van der Waals surface area contributed by atoms with E-state index in [1.54, 1.807) is 6.07 Å². The second-order valence-electron chi connectivity index (χ2n) is 5.06. The van der Waals surface area contributed by atoms with Gasteiger partial charge in [0.15, 0.2) is 0 Å². The van der Waals surface area contributed by atoms with Gasteiger partial charge in [0.05, 0.1) is 0 Å². The van der Waals surface area contributed by atoms with Gasteiger partial charge in [0, 0.05) is 19.0 Å². The van der Waals surface area contributed by atoms with Gasteiger partial charge in [0.2, 0.25) is 5.91 Å². The highest BCUT2D eigenvalue weighted by molar-refractivity contribution is 5.85.